The second kappa shape index (κ2) is 10.7. The minimum Gasteiger partial charge on any atom is -0.492 e. The number of ether oxygens (including phenoxy) is 4. The van der Waals surface area contributed by atoms with E-state index in [9.17, 15) is 4.79 Å². The molecule has 1 aliphatic heterocycles. The molecule has 0 fully saturated rings. The number of nitrogens with one attached hydrogen (secondary N) is 1. The fourth-order valence-corrected chi connectivity index (χ4v) is 3.27. The van der Waals surface area contributed by atoms with E-state index in [1.54, 1.807) is 37.4 Å². The summed E-state index contributed by atoms with van der Waals surface area (Å²) < 4.78 is 22.7. The van der Waals surface area contributed by atoms with Crippen LogP contribution >= 0.6 is 0 Å². The molecule has 0 saturated carbocycles. The fourth-order valence-electron chi connectivity index (χ4n) is 3.27. The van der Waals surface area contributed by atoms with Crippen molar-refractivity contribution in [3.63, 3.8) is 0 Å². The van der Waals surface area contributed by atoms with Crippen LogP contribution in [-0.4, -0.2) is 56.7 Å². The van der Waals surface area contributed by atoms with Gasteiger partial charge in [0, 0.05) is 23.7 Å². The normalized spacial score (nSPS) is 12.2. The number of benzene rings is 2. The number of pyridine rings is 1. The van der Waals surface area contributed by atoms with Crippen molar-refractivity contribution in [3.8, 4) is 34.4 Å². The average molecular weight is 462 g/mol. The molecule has 0 spiro atoms. The minimum atomic E-state index is -0.224. The highest BCUT2D eigenvalue weighted by Crippen LogP contribution is 2.41. The van der Waals surface area contributed by atoms with Crippen molar-refractivity contribution in [2.24, 2.45) is 0 Å². The molecule has 8 nitrogen and oxygen atoms in total. The van der Waals surface area contributed by atoms with Crippen molar-refractivity contribution in [1.82, 2.24) is 15.2 Å². The summed E-state index contributed by atoms with van der Waals surface area (Å²) in [6.45, 7) is 1.57. The highest BCUT2D eigenvalue weighted by molar-refractivity contribution is 5.94. The minimum absolute atomic E-state index is 0.166. The van der Waals surface area contributed by atoms with Gasteiger partial charge in [-0.2, -0.15) is 0 Å². The van der Waals surface area contributed by atoms with Gasteiger partial charge in [-0.1, -0.05) is 12.1 Å². The molecule has 8 heteroatoms. The summed E-state index contributed by atoms with van der Waals surface area (Å²) in [6, 6.07) is 18.1. The molecule has 0 atom stereocenters. The molecule has 4 rings (SSSR count). The summed E-state index contributed by atoms with van der Waals surface area (Å²) >= 11 is 0. The second-order valence-electron chi connectivity index (χ2n) is 7.86. The Balaban J connectivity index is 1.38. The highest BCUT2D eigenvalue weighted by Gasteiger charge is 2.20. The zero-order valence-electron chi connectivity index (χ0n) is 19.4. The third kappa shape index (κ3) is 5.65. The zero-order valence-corrected chi connectivity index (χ0v) is 19.4. The van der Waals surface area contributed by atoms with Crippen LogP contribution in [0.4, 0.5) is 0 Å². The van der Waals surface area contributed by atoms with E-state index in [-0.39, 0.29) is 12.5 Å². The summed E-state index contributed by atoms with van der Waals surface area (Å²) in [5, 5.41) is 2.86. The van der Waals surface area contributed by atoms with Gasteiger partial charge in [0.05, 0.1) is 19.3 Å². The van der Waals surface area contributed by atoms with Crippen LogP contribution in [0.15, 0.2) is 72.7 Å². The van der Waals surface area contributed by atoms with E-state index in [4.69, 9.17) is 18.9 Å². The monoisotopic (exact) mass is 461 g/mol. The lowest BCUT2D eigenvalue weighted by molar-refractivity contribution is 0.0952. The Kier molecular flexibility index (Phi) is 7.29. The molecular formula is C26H27N3O5. The van der Waals surface area contributed by atoms with Crippen LogP contribution in [0.3, 0.4) is 0 Å². The van der Waals surface area contributed by atoms with Gasteiger partial charge in [0.2, 0.25) is 5.88 Å². The molecule has 2 heterocycles. The molecule has 2 aromatic carbocycles. The van der Waals surface area contributed by atoms with Gasteiger partial charge in [-0.05, 0) is 56.6 Å². The number of methoxy groups -OCH3 is 1. The predicted molar refractivity (Wildman–Crippen MR) is 128 cm³/mol. The Morgan fingerprint density at radius 3 is 2.62 bits per heavy atom. The number of hydrogen-bond acceptors (Lipinski definition) is 7. The SMILES string of the molecule is COc1cccc(-c2cccc3c2OC(CNC(=O)c2ccc(OCCN(C)C)cc2)=CO3)n1. The topological polar surface area (TPSA) is 82.2 Å². The predicted octanol–water partition coefficient (Wildman–Crippen LogP) is 3.74. The third-order valence-electron chi connectivity index (χ3n) is 5.08. The maximum atomic E-state index is 12.6. The maximum absolute atomic E-state index is 12.6. The molecule has 1 N–H and O–H groups in total. The summed E-state index contributed by atoms with van der Waals surface area (Å²) in [4.78, 5) is 19.1. The summed E-state index contributed by atoms with van der Waals surface area (Å²) in [5.41, 5.74) is 1.98. The highest BCUT2D eigenvalue weighted by atomic mass is 16.6. The van der Waals surface area contributed by atoms with Gasteiger partial charge in [0.25, 0.3) is 5.91 Å². The van der Waals surface area contributed by atoms with Crippen molar-refractivity contribution >= 4 is 5.91 Å². The number of amides is 1. The molecule has 176 valence electrons. The molecule has 1 amide bonds. The van der Waals surface area contributed by atoms with E-state index in [0.29, 0.717) is 41.0 Å². The molecule has 1 aromatic heterocycles. The maximum Gasteiger partial charge on any atom is 0.251 e. The first kappa shape index (κ1) is 23.1. The smallest absolute Gasteiger partial charge is 0.251 e. The zero-order chi connectivity index (χ0) is 23.9. The molecule has 1 aliphatic rings. The van der Waals surface area contributed by atoms with E-state index < -0.39 is 0 Å². The number of likely N-dealkylation sites (N-methyl/N-ethyl adjacent to an activating group) is 1. The van der Waals surface area contributed by atoms with Gasteiger partial charge in [-0.25, -0.2) is 4.98 Å². The second-order valence-corrected chi connectivity index (χ2v) is 7.86. The molecular weight excluding hydrogens is 434 g/mol. The van der Waals surface area contributed by atoms with E-state index >= 15 is 0 Å². The lowest BCUT2D eigenvalue weighted by atomic mass is 10.1. The lowest BCUT2D eigenvalue weighted by Crippen LogP contribution is -2.28. The van der Waals surface area contributed by atoms with E-state index in [1.165, 1.54) is 6.26 Å². The number of carbonyl (C=O) groups is 1. The quantitative estimate of drug-likeness (QED) is 0.520. The first-order valence-electron chi connectivity index (χ1n) is 10.9. The van der Waals surface area contributed by atoms with Gasteiger partial charge >= 0.3 is 0 Å². The summed E-state index contributed by atoms with van der Waals surface area (Å²) in [7, 11) is 5.55. The van der Waals surface area contributed by atoms with Gasteiger partial charge in [-0.3, -0.25) is 4.79 Å². The van der Waals surface area contributed by atoms with Crippen molar-refractivity contribution in [3.05, 3.63) is 78.2 Å². The van der Waals surface area contributed by atoms with Gasteiger partial charge in [-0.15, -0.1) is 0 Å². The summed E-state index contributed by atoms with van der Waals surface area (Å²) in [5.74, 6) is 2.58. The number of fused-ring (bicyclic) bond motifs is 1. The molecule has 3 aromatic rings. The molecule has 0 unspecified atom stereocenters. The molecule has 0 bridgehead atoms. The lowest BCUT2D eigenvalue weighted by Gasteiger charge is -2.21. The number of carbonyl (C=O) groups excluding carboxylic acids is 1. The van der Waals surface area contributed by atoms with Crippen LogP contribution in [0.5, 0.6) is 23.1 Å². The Morgan fingerprint density at radius 1 is 1.06 bits per heavy atom. The largest absolute Gasteiger partial charge is 0.492 e. The summed E-state index contributed by atoms with van der Waals surface area (Å²) in [6.07, 6.45) is 1.49. The Bertz CT molecular complexity index is 1180. The Hall–Kier alpha value is -4.04. The number of nitrogens with zero attached hydrogens (tertiary/aromatic N) is 2. The molecule has 34 heavy (non-hydrogen) atoms. The number of hydrogen-bond donors (Lipinski definition) is 1. The van der Waals surface area contributed by atoms with Crippen molar-refractivity contribution < 1.29 is 23.7 Å². The van der Waals surface area contributed by atoms with Gasteiger partial charge in [0.1, 0.15) is 18.6 Å². The van der Waals surface area contributed by atoms with Crippen molar-refractivity contribution in [2.45, 2.75) is 0 Å². The Morgan fingerprint density at radius 2 is 1.85 bits per heavy atom. The average Bonchev–Trinajstić information content (AvgIpc) is 2.87. The van der Waals surface area contributed by atoms with Crippen molar-refractivity contribution in [2.75, 3.05) is 40.9 Å². The van der Waals surface area contributed by atoms with Crippen molar-refractivity contribution in [1.29, 1.82) is 0 Å². The third-order valence-corrected chi connectivity index (χ3v) is 5.08. The first-order chi connectivity index (χ1) is 16.5. The van der Waals surface area contributed by atoms with Crippen LogP contribution in [0, 0.1) is 0 Å². The van der Waals surface area contributed by atoms with E-state index in [2.05, 4.69) is 10.3 Å². The number of aromatic nitrogens is 1. The standard InChI is InChI=1S/C26H27N3O5/c1-29(2)14-15-32-19-12-10-18(11-13-19)26(30)27-16-20-17-33-23-8-4-6-21(25(23)34-20)22-7-5-9-24(28-22)31-3/h4-13,17H,14-16H2,1-3H3,(H,27,30). The van der Waals surface area contributed by atoms with Gasteiger partial charge < -0.3 is 29.2 Å². The van der Waals surface area contributed by atoms with Crippen LogP contribution in [0.2, 0.25) is 0 Å². The van der Waals surface area contributed by atoms with Crippen LogP contribution in [0.25, 0.3) is 11.3 Å². The number of para-hydroxylation sites is 1. The first-order valence-corrected chi connectivity index (χ1v) is 10.9. The molecule has 0 aliphatic carbocycles. The van der Waals surface area contributed by atoms with E-state index in [0.717, 1.165) is 17.9 Å². The van der Waals surface area contributed by atoms with Crippen LogP contribution in [-0.2, 0) is 0 Å². The number of rotatable bonds is 9. The van der Waals surface area contributed by atoms with Crippen LogP contribution in [0.1, 0.15) is 10.4 Å². The van der Waals surface area contributed by atoms with Gasteiger partial charge in [0.15, 0.2) is 17.3 Å². The van der Waals surface area contributed by atoms with Crippen LogP contribution < -0.4 is 24.3 Å². The van der Waals surface area contributed by atoms with E-state index in [1.807, 2.05) is 49.3 Å². The Labute approximate surface area is 198 Å². The molecule has 0 radical (unpaired) electrons. The molecule has 0 saturated heterocycles. The fraction of sp³-hybridized carbons (Fsp3) is 0.231.